The van der Waals surface area contributed by atoms with Crippen molar-refractivity contribution in [3.05, 3.63) is 47.5 Å². The second-order valence-corrected chi connectivity index (χ2v) is 8.37. The Balaban J connectivity index is 1.88. The molecular formula is C23H31N5O2. The van der Waals surface area contributed by atoms with E-state index in [-0.39, 0.29) is 18.1 Å². The van der Waals surface area contributed by atoms with Gasteiger partial charge in [0.05, 0.1) is 11.7 Å². The number of carbonyl (C=O) groups excluding carboxylic acids is 1. The van der Waals surface area contributed by atoms with Crippen LogP contribution in [0.3, 0.4) is 0 Å². The first-order valence-corrected chi connectivity index (χ1v) is 10.7. The standard InChI is InChI=1S/C23H31N5O2/c1-15(2)30-23(29)20-13-19-12-18(22-25-8-9-26(22)5)14-28(19)21(16(20)3)17(4)27-10-6-24-7-11-27/h8-9,12-15,17,24H,6-7,10-11H2,1-5H3. The van der Waals surface area contributed by atoms with Gasteiger partial charge >= 0.3 is 5.97 Å². The number of aryl methyl sites for hydroxylation is 1. The molecule has 7 nitrogen and oxygen atoms in total. The highest BCUT2D eigenvalue weighted by Gasteiger charge is 2.26. The number of pyridine rings is 1. The van der Waals surface area contributed by atoms with Gasteiger partial charge in [0.1, 0.15) is 5.82 Å². The highest BCUT2D eigenvalue weighted by atomic mass is 16.5. The molecule has 0 aliphatic carbocycles. The van der Waals surface area contributed by atoms with E-state index >= 15 is 0 Å². The van der Waals surface area contributed by atoms with Gasteiger partial charge in [0, 0.05) is 74.6 Å². The van der Waals surface area contributed by atoms with Gasteiger partial charge in [-0.25, -0.2) is 9.78 Å². The number of carbonyl (C=O) groups is 1. The Morgan fingerprint density at radius 2 is 1.93 bits per heavy atom. The fourth-order valence-electron chi connectivity index (χ4n) is 4.39. The van der Waals surface area contributed by atoms with Gasteiger partial charge in [0.15, 0.2) is 0 Å². The minimum absolute atomic E-state index is 0.155. The molecule has 7 heteroatoms. The molecule has 0 bridgehead atoms. The van der Waals surface area contributed by atoms with E-state index in [1.54, 1.807) is 6.20 Å². The molecule has 0 saturated carbocycles. The van der Waals surface area contributed by atoms with Crippen LogP contribution in [-0.2, 0) is 11.8 Å². The monoisotopic (exact) mass is 409 g/mol. The largest absolute Gasteiger partial charge is 0.459 e. The number of fused-ring (bicyclic) bond motifs is 1. The molecule has 4 heterocycles. The summed E-state index contributed by atoms with van der Waals surface area (Å²) in [6.45, 7) is 11.9. The first kappa shape index (κ1) is 20.6. The molecule has 3 aromatic heterocycles. The minimum atomic E-state index is -0.265. The lowest BCUT2D eigenvalue weighted by Crippen LogP contribution is -2.45. The van der Waals surface area contributed by atoms with E-state index in [1.165, 1.54) is 0 Å². The lowest BCUT2D eigenvalue weighted by Gasteiger charge is -2.34. The number of nitrogens with one attached hydrogen (secondary N) is 1. The van der Waals surface area contributed by atoms with Crippen molar-refractivity contribution >= 4 is 11.5 Å². The number of rotatable bonds is 5. The smallest absolute Gasteiger partial charge is 0.338 e. The Labute approximate surface area is 177 Å². The van der Waals surface area contributed by atoms with E-state index in [1.807, 2.05) is 44.6 Å². The predicted molar refractivity (Wildman–Crippen MR) is 118 cm³/mol. The van der Waals surface area contributed by atoms with Crippen molar-refractivity contribution < 1.29 is 9.53 Å². The quantitative estimate of drug-likeness (QED) is 0.656. The summed E-state index contributed by atoms with van der Waals surface area (Å²) in [5.41, 5.74) is 4.75. The van der Waals surface area contributed by atoms with Crippen LogP contribution in [0.4, 0.5) is 0 Å². The Bertz CT molecular complexity index is 1060. The second kappa shape index (κ2) is 8.24. The number of imidazole rings is 1. The van der Waals surface area contributed by atoms with E-state index in [2.05, 4.69) is 38.8 Å². The zero-order chi connectivity index (χ0) is 21.4. The molecule has 1 atom stereocenters. The summed E-state index contributed by atoms with van der Waals surface area (Å²) < 4.78 is 9.79. The van der Waals surface area contributed by atoms with Crippen molar-refractivity contribution in [3.63, 3.8) is 0 Å². The number of hydrogen-bond donors (Lipinski definition) is 1. The maximum absolute atomic E-state index is 12.9. The maximum atomic E-state index is 12.9. The fourth-order valence-corrected chi connectivity index (χ4v) is 4.39. The molecule has 30 heavy (non-hydrogen) atoms. The molecule has 0 radical (unpaired) electrons. The third-order valence-electron chi connectivity index (χ3n) is 5.93. The predicted octanol–water partition coefficient (Wildman–Crippen LogP) is 3.18. The van der Waals surface area contributed by atoms with Crippen LogP contribution < -0.4 is 5.32 Å². The Morgan fingerprint density at radius 1 is 1.20 bits per heavy atom. The zero-order valence-corrected chi connectivity index (χ0v) is 18.5. The van der Waals surface area contributed by atoms with Gasteiger partial charge in [-0.2, -0.15) is 0 Å². The van der Waals surface area contributed by atoms with Crippen molar-refractivity contribution in [1.82, 2.24) is 24.2 Å². The molecule has 3 aromatic rings. The first-order valence-electron chi connectivity index (χ1n) is 10.7. The average Bonchev–Trinajstić information content (AvgIpc) is 3.32. The molecule has 1 N–H and O–H groups in total. The summed E-state index contributed by atoms with van der Waals surface area (Å²) >= 11 is 0. The van der Waals surface area contributed by atoms with Crippen molar-refractivity contribution in [2.24, 2.45) is 7.05 Å². The van der Waals surface area contributed by atoms with Crippen molar-refractivity contribution in [3.8, 4) is 11.4 Å². The highest BCUT2D eigenvalue weighted by Crippen LogP contribution is 2.31. The van der Waals surface area contributed by atoms with E-state index < -0.39 is 0 Å². The molecule has 4 rings (SSSR count). The number of aromatic nitrogens is 3. The fraction of sp³-hybridized carbons (Fsp3) is 0.478. The van der Waals surface area contributed by atoms with Crippen molar-refractivity contribution in [2.45, 2.75) is 39.8 Å². The molecule has 0 amide bonds. The van der Waals surface area contributed by atoms with Crippen molar-refractivity contribution in [1.29, 1.82) is 0 Å². The second-order valence-electron chi connectivity index (χ2n) is 8.37. The zero-order valence-electron chi connectivity index (χ0n) is 18.5. The molecule has 160 valence electrons. The Kier molecular flexibility index (Phi) is 5.66. The topological polar surface area (TPSA) is 63.8 Å². The highest BCUT2D eigenvalue weighted by molar-refractivity contribution is 5.93. The van der Waals surface area contributed by atoms with Gasteiger partial charge in [-0.1, -0.05) is 0 Å². The van der Waals surface area contributed by atoms with Gasteiger partial charge in [0.25, 0.3) is 0 Å². The molecule has 1 unspecified atom stereocenters. The number of hydrogen-bond acceptors (Lipinski definition) is 5. The van der Waals surface area contributed by atoms with E-state index in [9.17, 15) is 4.79 Å². The lowest BCUT2D eigenvalue weighted by molar-refractivity contribution is 0.0376. The first-order chi connectivity index (χ1) is 14.4. The number of nitrogens with zero attached hydrogens (tertiary/aromatic N) is 4. The number of piperazine rings is 1. The lowest BCUT2D eigenvalue weighted by atomic mass is 10.0. The van der Waals surface area contributed by atoms with Crippen molar-refractivity contribution in [2.75, 3.05) is 26.2 Å². The summed E-state index contributed by atoms with van der Waals surface area (Å²) in [7, 11) is 1.99. The van der Waals surface area contributed by atoms with Crippen LogP contribution in [0.1, 0.15) is 48.4 Å². The van der Waals surface area contributed by atoms with E-state index in [4.69, 9.17) is 4.74 Å². The Morgan fingerprint density at radius 3 is 2.57 bits per heavy atom. The Hall–Kier alpha value is -2.64. The van der Waals surface area contributed by atoms with Gasteiger partial charge in [0.2, 0.25) is 0 Å². The van der Waals surface area contributed by atoms with Crippen LogP contribution in [0.25, 0.3) is 16.9 Å². The van der Waals surface area contributed by atoms with Crippen LogP contribution >= 0.6 is 0 Å². The summed E-state index contributed by atoms with van der Waals surface area (Å²) in [5.74, 6) is 0.641. The van der Waals surface area contributed by atoms with E-state index in [0.717, 1.165) is 54.3 Å². The molecule has 1 saturated heterocycles. The summed E-state index contributed by atoms with van der Waals surface area (Å²) in [6.07, 6.45) is 5.73. The van der Waals surface area contributed by atoms with Crippen LogP contribution in [0.5, 0.6) is 0 Å². The molecule has 1 aliphatic heterocycles. The van der Waals surface area contributed by atoms with Gasteiger partial charge in [-0.05, 0) is 45.4 Å². The SMILES string of the molecule is Cc1c(C(=O)OC(C)C)cc2cc(-c3nccn3C)cn2c1C(C)N1CCNCC1. The van der Waals surface area contributed by atoms with Crippen LogP contribution in [0.2, 0.25) is 0 Å². The van der Waals surface area contributed by atoms with Crippen LogP contribution in [0, 0.1) is 6.92 Å². The van der Waals surface area contributed by atoms with Gasteiger partial charge < -0.3 is 19.0 Å². The third kappa shape index (κ3) is 3.75. The molecule has 0 spiro atoms. The molecule has 0 aromatic carbocycles. The van der Waals surface area contributed by atoms with Gasteiger partial charge in [-0.3, -0.25) is 4.90 Å². The molecular weight excluding hydrogens is 378 g/mol. The molecule has 1 fully saturated rings. The molecule has 1 aliphatic rings. The normalized spacial score (nSPS) is 16.3. The minimum Gasteiger partial charge on any atom is -0.459 e. The number of ether oxygens (including phenoxy) is 1. The maximum Gasteiger partial charge on any atom is 0.338 e. The van der Waals surface area contributed by atoms with E-state index in [0.29, 0.717) is 5.56 Å². The van der Waals surface area contributed by atoms with Crippen LogP contribution in [-0.4, -0.2) is 57.1 Å². The van der Waals surface area contributed by atoms with Crippen LogP contribution in [0.15, 0.2) is 30.7 Å². The van der Waals surface area contributed by atoms with Gasteiger partial charge in [-0.15, -0.1) is 0 Å². The third-order valence-corrected chi connectivity index (χ3v) is 5.93. The summed E-state index contributed by atoms with van der Waals surface area (Å²) in [6, 6.07) is 4.21. The number of esters is 1. The summed E-state index contributed by atoms with van der Waals surface area (Å²) in [4.78, 5) is 19.9. The summed E-state index contributed by atoms with van der Waals surface area (Å²) in [5, 5.41) is 3.42. The average molecular weight is 410 g/mol.